The fourth-order valence-corrected chi connectivity index (χ4v) is 5.15. The number of benzene rings is 1. The quantitative estimate of drug-likeness (QED) is 0.591. The number of aliphatic hydroxyl groups is 1. The first-order chi connectivity index (χ1) is 15.1. The van der Waals surface area contributed by atoms with Gasteiger partial charge in [0.2, 0.25) is 5.91 Å². The minimum atomic E-state index is 0.0409. The number of carbonyl (C=O) groups is 1. The molecule has 31 heavy (non-hydrogen) atoms. The molecule has 4 rings (SSSR count). The van der Waals surface area contributed by atoms with Crippen LogP contribution < -0.4 is 15.5 Å². The van der Waals surface area contributed by atoms with Crippen molar-refractivity contribution >= 4 is 39.9 Å². The number of carbonyl (C=O) groups excluding carboxylic acids is 1. The number of aromatic nitrogens is 1. The molecule has 1 aromatic carbocycles. The molecule has 7 heteroatoms. The Balaban J connectivity index is 1.49. The minimum absolute atomic E-state index is 0.0409. The normalized spacial score (nSPS) is 20.2. The number of amides is 1. The standard InChI is InChI=1S/C24H33ClN4O2/c25-20-9-10-21-19(24(20)28-23(31)15-17-5-2-1-3-6-17)8-11-22(27-21)29-13-4-7-18(16-29)26-12-14-30/h8-11,17-18,26,30H,1-7,12-16H2,(H,28,31). The van der Waals surface area contributed by atoms with E-state index < -0.39 is 0 Å². The molecule has 1 atom stereocenters. The summed E-state index contributed by atoms with van der Waals surface area (Å²) < 4.78 is 0. The zero-order valence-electron chi connectivity index (χ0n) is 18.1. The van der Waals surface area contributed by atoms with Crippen LogP contribution >= 0.6 is 11.6 Å². The number of piperidine rings is 1. The van der Waals surface area contributed by atoms with Crippen LogP contribution in [0.15, 0.2) is 24.3 Å². The maximum Gasteiger partial charge on any atom is 0.224 e. The average Bonchev–Trinajstić information content (AvgIpc) is 2.80. The zero-order valence-corrected chi connectivity index (χ0v) is 18.8. The minimum Gasteiger partial charge on any atom is -0.395 e. The van der Waals surface area contributed by atoms with E-state index in [2.05, 4.69) is 15.5 Å². The van der Waals surface area contributed by atoms with Gasteiger partial charge in [-0.2, -0.15) is 0 Å². The number of anilines is 2. The molecule has 2 aliphatic rings. The van der Waals surface area contributed by atoms with Crippen molar-refractivity contribution in [2.75, 3.05) is 36.5 Å². The zero-order chi connectivity index (χ0) is 21.6. The van der Waals surface area contributed by atoms with Gasteiger partial charge in [0.15, 0.2) is 0 Å². The van der Waals surface area contributed by atoms with E-state index in [-0.39, 0.29) is 12.5 Å². The third-order valence-corrected chi connectivity index (χ3v) is 6.87. The molecule has 2 heterocycles. The number of nitrogens with one attached hydrogen (secondary N) is 2. The lowest BCUT2D eigenvalue weighted by Gasteiger charge is -2.34. The summed E-state index contributed by atoms with van der Waals surface area (Å²) in [6.07, 6.45) is 8.80. The van der Waals surface area contributed by atoms with Gasteiger partial charge in [0.25, 0.3) is 0 Å². The SMILES string of the molecule is O=C(CC1CCCCC1)Nc1c(Cl)ccc2nc(N3CCCC(NCCO)C3)ccc12. The van der Waals surface area contributed by atoms with Crippen LogP contribution in [0.4, 0.5) is 11.5 Å². The highest BCUT2D eigenvalue weighted by Crippen LogP contribution is 2.33. The summed E-state index contributed by atoms with van der Waals surface area (Å²) in [5.41, 5.74) is 1.50. The first-order valence-corrected chi connectivity index (χ1v) is 12.0. The summed E-state index contributed by atoms with van der Waals surface area (Å²) in [6.45, 7) is 2.61. The van der Waals surface area contributed by atoms with Crippen molar-refractivity contribution in [1.29, 1.82) is 0 Å². The maximum absolute atomic E-state index is 12.7. The van der Waals surface area contributed by atoms with Crippen molar-refractivity contribution in [3.05, 3.63) is 29.3 Å². The van der Waals surface area contributed by atoms with Crippen molar-refractivity contribution < 1.29 is 9.90 Å². The van der Waals surface area contributed by atoms with Crippen LogP contribution in [0.2, 0.25) is 5.02 Å². The van der Waals surface area contributed by atoms with E-state index in [4.69, 9.17) is 21.7 Å². The largest absolute Gasteiger partial charge is 0.395 e. The molecular formula is C24H33ClN4O2. The van der Waals surface area contributed by atoms with E-state index >= 15 is 0 Å². The molecule has 2 aromatic rings. The van der Waals surface area contributed by atoms with Crippen molar-refractivity contribution in [3.63, 3.8) is 0 Å². The highest BCUT2D eigenvalue weighted by Gasteiger charge is 2.22. The summed E-state index contributed by atoms with van der Waals surface area (Å²) in [6, 6.07) is 8.13. The summed E-state index contributed by atoms with van der Waals surface area (Å²) in [5, 5.41) is 17.0. The monoisotopic (exact) mass is 444 g/mol. The van der Waals surface area contributed by atoms with E-state index in [1.807, 2.05) is 24.3 Å². The summed E-state index contributed by atoms with van der Waals surface area (Å²) in [5.74, 6) is 1.46. The first kappa shape index (κ1) is 22.3. The van der Waals surface area contributed by atoms with Crippen LogP contribution in [0.5, 0.6) is 0 Å². The molecule has 1 aliphatic heterocycles. The highest BCUT2D eigenvalue weighted by molar-refractivity contribution is 6.35. The van der Waals surface area contributed by atoms with Gasteiger partial charge in [-0.25, -0.2) is 4.98 Å². The van der Waals surface area contributed by atoms with Gasteiger partial charge in [-0.1, -0.05) is 30.9 Å². The van der Waals surface area contributed by atoms with Crippen molar-refractivity contribution in [3.8, 4) is 0 Å². The Bertz CT molecular complexity index is 901. The molecule has 1 unspecified atom stereocenters. The van der Waals surface area contributed by atoms with Gasteiger partial charge < -0.3 is 20.6 Å². The smallest absolute Gasteiger partial charge is 0.224 e. The second-order valence-electron chi connectivity index (χ2n) is 8.88. The molecule has 168 valence electrons. The van der Waals surface area contributed by atoms with Crippen molar-refractivity contribution in [1.82, 2.24) is 10.3 Å². The van der Waals surface area contributed by atoms with Crippen LogP contribution in [0.3, 0.4) is 0 Å². The lowest BCUT2D eigenvalue weighted by molar-refractivity contribution is -0.117. The van der Waals surface area contributed by atoms with Gasteiger partial charge >= 0.3 is 0 Å². The average molecular weight is 445 g/mol. The van der Waals surface area contributed by atoms with E-state index in [0.29, 0.717) is 35.6 Å². The fourth-order valence-electron chi connectivity index (χ4n) is 4.93. The molecule has 1 aliphatic carbocycles. The lowest BCUT2D eigenvalue weighted by Crippen LogP contribution is -2.46. The number of halogens is 1. The molecule has 1 amide bonds. The van der Waals surface area contributed by atoms with Gasteiger partial charge in [0.1, 0.15) is 5.82 Å². The van der Waals surface area contributed by atoms with Crippen LogP contribution in [-0.4, -0.2) is 48.3 Å². The topological polar surface area (TPSA) is 77.5 Å². The number of aliphatic hydroxyl groups excluding tert-OH is 1. The molecule has 2 fully saturated rings. The molecule has 1 aromatic heterocycles. The number of hydrogen-bond donors (Lipinski definition) is 3. The van der Waals surface area contributed by atoms with E-state index in [9.17, 15) is 4.79 Å². The molecule has 0 bridgehead atoms. The summed E-state index contributed by atoms with van der Waals surface area (Å²) in [7, 11) is 0. The fraction of sp³-hybridized carbons (Fsp3) is 0.583. The Morgan fingerprint density at radius 3 is 2.77 bits per heavy atom. The third-order valence-electron chi connectivity index (χ3n) is 6.56. The van der Waals surface area contributed by atoms with Gasteiger partial charge in [0, 0.05) is 37.5 Å². The van der Waals surface area contributed by atoms with Crippen LogP contribution in [0.1, 0.15) is 51.4 Å². The van der Waals surface area contributed by atoms with E-state index in [0.717, 1.165) is 55.5 Å². The Hall–Kier alpha value is -1.89. The summed E-state index contributed by atoms with van der Waals surface area (Å²) >= 11 is 6.46. The number of nitrogens with zero attached hydrogens (tertiary/aromatic N) is 2. The van der Waals surface area contributed by atoms with Gasteiger partial charge in [-0.15, -0.1) is 0 Å². The predicted molar refractivity (Wildman–Crippen MR) is 127 cm³/mol. The number of fused-ring (bicyclic) bond motifs is 1. The number of rotatable bonds is 7. The first-order valence-electron chi connectivity index (χ1n) is 11.6. The van der Waals surface area contributed by atoms with Crippen LogP contribution in [0, 0.1) is 5.92 Å². The van der Waals surface area contributed by atoms with Gasteiger partial charge in [-0.3, -0.25) is 4.79 Å². The summed E-state index contributed by atoms with van der Waals surface area (Å²) in [4.78, 5) is 19.9. The molecule has 6 nitrogen and oxygen atoms in total. The Morgan fingerprint density at radius 2 is 1.97 bits per heavy atom. The van der Waals surface area contributed by atoms with Gasteiger partial charge in [-0.05, 0) is 55.9 Å². The lowest BCUT2D eigenvalue weighted by atomic mass is 9.87. The predicted octanol–water partition coefficient (Wildman–Crippen LogP) is 4.35. The second kappa shape index (κ2) is 10.6. The molecule has 1 saturated carbocycles. The van der Waals surface area contributed by atoms with Crippen molar-refractivity contribution in [2.24, 2.45) is 5.92 Å². The molecule has 0 radical (unpaired) electrons. The molecular weight excluding hydrogens is 412 g/mol. The van der Waals surface area contributed by atoms with Gasteiger partial charge in [0.05, 0.1) is 22.8 Å². The highest BCUT2D eigenvalue weighted by atomic mass is 35.5. The number of pyridine rings is 1. The molecule has 1 saturated heterocycles. The van der Waals surface area contributed by atoms with Crippen molar-refractivity contribution in [2.45, 2.75) is 57.4 Å². The molecule has 0 spiro atoms. The maximum atomic E-state index is 12.7. The van der Waals surface area contributed by atoms with Crippen LogP contribution in [-0.2, 0) is 4.79 Å². The Morgan fingerprint density at radius 1 is 1.13 bits per heavy atom. The Kier molecular flexibility index (Phi) is 7.64. The molecule has 3 N–H and O–H groups in total. The second-order valence-corrected chi connectivity index (χ2v) is 9.28. The number of hydrogen-bond acceptors (Lipinski definition) is 5. The Labute approximate surface area is 189 Å². The van der Waals surface area contributed by atoms with Crippen LogP contribution in [0.25, 0.3) is 10.9 Å². The van der Waals surface area contributed by atoms with E-state index in [1.165, 1.54) is 19.3 Å². The van der Waals surface area contributed by atoms with E-state index in [1.54, 1.807) is 0 Å². The third kappa shape index (κ3) is 5.68.